The van der Waals surface area contributed by atoms with Crippen LogP contribution in [0.3, 0.4) is 0 Å². The highest BCUT2D eigenvalue weighted by Crippen LogP contribution is 2.34. The smallest absolute Gasteiger partial charge is 0.318 e. The van der Waals surface area contributed by atoms with E-state index in [1.807, 2.05) is 53.0 Å². The van der Waals surface area contributed by atoms with Crippen LogP contribution in [0.4, 0.5) is 10.5 Å². The number of carbonyl (C=O) groups excluding carboxylic acids is 2. The second-order valence-electron chi connectivity index (χ2n) is 8.75. The van der Waals surface area contributed by atoms with Crippen molar-refractivity contribution in [3.05, 3.63) is 64.1 Å². The van der Waals surface area contributed by atoms with E-state index < -0.39 is 6.04 Å². The van der Waals surface area contributed by atoms with Crippen LogP contribution in [0.15, 0.2) is 47.3 Å². The summed E-state index contributed by atoms with van der Waals surface area (Å²) in [7, 11) is 0. The fourth-order valence-corrected chi connectivity index (χ4v) is 5.23. The molecule has 3 amide bonds. The predicted octanol–water partition coefficient (Wildman–Crippen LogP) is 3.05. The van der Waals surface area contributed by atoms with Crippen LogP contribution < -0.4 is 16.2 Å². The quantitative estimate of drug-likeness (QED) is 0.703. The minimum absolute atomic E-state index is 0.0278. The first-order chi connectivity index (χ1) is 15.4. The van der Waals surface area contributed by atoms with Crippen LogP contribution in [0.1, 0.15) is 30.0 Å². The summed E-state index contributed by atoms with van der Waals surface area (Å²) < 4.78 is 1.85. The Morgan fingerprint density at radius 3 is 2.75 bits per heavy atom. The number of urea groups is 1. The van der Waals surface area contributed by atoms with Crippen LogP contribution in [0.25, 0.3) is 0 Å². The maximum atomic E-state index is 13.2. The fourth-order valence-electron chi connectivity index (χ4n) is 4.76. The number of thioether (sulfide) groups is 1. The molecule has 2 aromatic rings. The molecule has 7 nitrogen and oxygen atoms in total. The van der Waals surface area contributed by atoms with Crippen LogP contribution in [0, 0.1) is 12.8 Å². The minimum Gasteiger partial charge on any atom is -0.326 e. The number of carbonyl (C=O) groups is 2. The first-order valence-corrected chi connectivity index (χ1v) is 12.5. The first kappa shape index (κ1) is 22.5. The summed E-state index contributed by atoms with van der Waals surface area (Å²) in [6.07, 6.45) is 3.53. The molecule has 1 fully saturated rings. The van der Waals surface area contributed by atoms with Crippen LogP contribution >= 0.6 is 11.8 Å². The van der Waals surface area contributed by atoms with Crippen molar-refractivity contribution >= 4 is 29.4 Å². The Hall–Kier alpha value is -2.74. The lowest BCUT2D eigenvalue weighted by atomic mass is 9.83. The highest BCUT2D eigenvalue weighted by Gasteiger charge is 2.37. The Bertz CT molecular complexity index is 1050. The van der Waals surface area contributed by atoms with Crippen molar-refractivity contribution in [2.45, 2.75) is 38.3 Å². The van der Waals surface area contributed by atoms with Gasteiger partial charge in [0.2, 0.25) is 5.91 Å². The third-order valence-electron chi connectivity index (χ3n) is 6.28. The molecule has 170 valence electrons. The zero-order valence-electron chi connectivity index (χ0n) is 18.5. The number of fused-ring (bicyclic) bond motifs is 4. The average Bonchev–Trinajstić information content (AvgIpc) is 2.77. The largest absolute Gasteiger partial charge is 0.326 e. The van der Waals surface area contributed by atoms with E-state index in [2.05, 4.69) is 10.6 Å². The Morgan fingerprint density at radius 1 is 1.16 bits per heavy atom. The van der Waals surface area contributed by atoms with Gasteiger partial charge in [-0.25, -0.2) is 4.79 Å². The van der Waals surface area contributed by atoms with Gasteiger partial charge < -0.3 is 20.1 Å². The van der Waals surface area contributed by atoms with Gasteiger partial charge in [0.05, 0.1) is 0 Å². The zero-order valence-corrected chi connectivity index (χ0v) is 19.4. The fraction of sp³-hybridized carbons (Fsp3) is 0.458. The number of likely N-dealkylation sites (tertiary alicyclic amines) is 1. The lowest BCUT2D eigenvalue weighted by Gasteiger charge is -2.43. The molecular weight excluding hydrogens is 424 g/mol. The van der Waals surface area contributed by atoms with Gasteiger partial charge in [-0.15, -0.1) is 0 Å². The number of nitrogens with zero attached hydrogens (tertiary/aromatic N) is 2. The zero-order chi connectivity index (χ0) is 22.7. The summed E-state index contributed by atoms with van der Waals surface area (Å²) in [5.74, 6) is 0.964. The molecule has 8 heteroatoms. The van der Waals surface area contributed by atoms with Gasteiger partial charge in [-0.1, -0.05) is 18.2 Å². The molecule has 2 aliphatic rings. The van der Waals surface area contributed by atoms with Crippen molar-refractivity contribution in [1.82, 2.24) is 14.8 Å². The molecule has 3 unspecified atom stereocenters. The number of anilines is 1. The number of aromatic nitrogens is 1. The SMILES string of the molecule is CSCCC(NC(=O)N1CC2CC(C1)c1cccc(=O)n1C2)C(=O)Nc1cccc(C)c1. The van der Waals surface area contributed by atoms with E-state index in [1.165, 1.54) is 0 Å². The number of amides is 3. The van der Waals surface area contributed by atoms with Crippen molar-refractivity contribution in [2.75, 3.05) is 30.4 Å². The van der Waals surface area contributed by atoms with Crippen molar-refractivity contribution in [1.29, 1.82) is 0 Å². The molecule has 32 heavy (non-hydrogen) atoms. The van der Waals surface area contributed by atoms with E-state index >= 15 is 0 Å². The molecule has 0 aliphatic carbocycles. The average molecular weight is 455 g/mol. The topological polar surface area (TPSA) is 83.4 Å². The normalized spacial score (nSPS) is 20.2. The Balaban J connectivity index is 1.44. The third-order valence-corrected chi connectivity index (χ3v) is 6.92. The summed E-state index contributed by atoms with van der Waals surface area (Å²) in [5.41, 5.74) is 2.82. The second kappa shape index (κ2) is 9.81. The van der Waals surface area contributed by atoms with Crippen LogP contribution in [-0.4, -0.2) is 52.5 Å². The van der Waals surface area contributed by atoms with E-state index in [9.17, 15) is 14.4 Å². The molecule has 4 rings (SSSR count). The number of hydrogen-bond donors (Lipinski definition) is 2. The van der Waals surface area contributed by atoms with Gasteiger partial charge in [-0.2, -0.15) is 11.8 Å². The van der Waals surface area contributed by atoms with Crippen LogP contribution in [0.5, 0.6) is 0 Å². The Kier molecular flexibility index (Phi) is 6.89. The lowest BCUT2D eigenvalue weighted by Crippen LogP contribution is -2.55. The Morgan fingerprint density at radius 2 is 1.97 bits per heavy atom. The molecule has 0 radical (unpaired) electrons. The monoisotopic (exact) mass is 454 g/mol. The number of pyridine rings is 1. The molecule has 3 atom stereocenters. The summed E-state index contributed by atoms with van der Waals surface area (Å²) in [5, 5.41) is 5.91. The molecule has 0 spiro atoms. The summed E-state index contributed by atoms with van der Waals surface area (Å²) in [6.45, 7) is 3.76. The molecule has 0 saturated carbocycles. The standard InChI is InChI=1S/C24H30N4O3S/c1-16-5-3-6-19(11-16)25-23(30)20(9-10-32-2)26-24(31)27-13-17-12-18(15-27)21-7-4-8-22(29)28(21)14-17/h3-8,11,17-18,20H,9-10,12-15H2,1-2H3,(H,25,30)(H,26,31). The van der Waals surface area contributed by atoms with E-state index in [1.54, 1.807) is 23.9 Å². The molecule has 1 aromatic carbocycles. The molecule has 2 bridgehead atoms. The molecule has 1 aromatic heterocycles. The van der Waals surface area contributed by atoms with E-state index in [0.717, 1.165) is 29.1 Å². The van der Waals surface area contributed by atoms with Gasteiger partial charge in [0.1, 0.15) is 6.04 Å². The molecular formula is C24H30N4O3S. The van der Waals surface area contributed by atoms with Gasteiger partial charge in [-0.05, 0) is 61.5 Å². The maximum absolute atomic E-state index is 13.2. The number of hydrogen-bond acceptors (Lipinski definition) is 4. The summed E-state index contributed by atoms with van der Waals surface area (Å²) in [6, 6.07) is 12.2. The highest BCUT2D eigenvalue weighted by atomic mass is 32.2. The van der Waals surface area contributed by atoms with Crippen molar-refractivity contribution in [3.63, 3.8) is 0 Å². The van der Waals surface area contributed by atoms with Gasteiger partial charge >= 0.3 is 6.03 Å². The number of piperidine rings is 1. The minimum atomic E-state index is -0.605. The summed E-state index contributed by atoms with van der Waals surface area (Å²) >= 11 is 1.65. The number of aryl methyl sites for hydroxylation is 1. The van der Waals surface area contributed by atoms with Gasteiger partial charge in [0.15, 0.2) is 0 Å². The third kappa shape index (κ3) is 5.01. The van der Waals surface area contributed by atoms with Crippen LogP contribution in [-0.2, 0) is 11.3 Å². The molecule has 3 heterocycles. The molecule has 2 N–H and O–H groups in total. The van der Waals surface area contributed by atoms with Gasteiger partial charge in [0, 0.05) is 43.0 Å². The van der Waals surface area contributed by atoms with Crippen molar-refractivity contribution in [2.24, 2.45) is 5.92 Å². The molecule has 1 saturated heterocycles. The maximum Gasteiger partial charge on any atom is 0.318 e. The van der Waals surface area contributed by atoms with E-state index in [0.29, 0.717) is 26.1 Å². The number of rotatable bonds is 6. The second-order valence-corrected chi connectivity index (χ2v) is 9.73. The van der Waals surface area contributed by atoms with Crippen molar-refractivity contribution < 1.29 is 9.59 Å². The number of benzene rings is 1. The molecule has 2 aliphatic heterocycles. The Labute approximate surface area is 192 Å². The lowest BCUT2D eigenvalue weighted by molar-refractivity contribution is -0.118. The highest BCUT2D eigenvalue weighted by molar-refractivity contribution is 7.98. The summed E-state index contributed by atoms with van der Waals surface area (Å²) in [4.78, 5) is 40.1. The van der Waals surface area contributed by atoms with E-state index in [4.69, 9.17) is 0 Å². The number of nitrogens with one attached hydrogen (secondary N) is 2. The van der Waals surface area contributed by atoms with Crippen molar-refractivity contribution in [3.8, 4) is 0 Å². The van der Waals surface area contributed by atoms with Crippen LogP contribution in [0.2, 0.25) is 0 Å². The van der Waals surface area contributed by atoms with E-state index in [-0.39, 0.29) is 29.3 Å². The first-order valence-electron chi connectivity index (χ1n) is 11.1. The predicted molar refractivity (Wildman–Crippen MR) is 128 cm³/mol. The van der Waals surface area contributed by atoms with Gasteiger partial charge in [0.25, 0.3) is 5.56 Å². The van der Waals surface area contributed by atoms with Gasteiger partial charge in [-0.3, -0.25) is 9.59 Å².